The summed E-state index contributed by atoms with van der Waals surface area (Å²) in [6.07, 6.45) is 1.72. The Kier molecular flexibility index (Phi) is 6.50. The highest BCUT2D eigenvalue weighted by molar-refractivity contribution is 5.94. The lowest BCUT2D eigenvalue weighted by Gasteiger charge is -2.46. The quantitative estimate of drug-likeness (QED) is 0.855. The molecule has 2 heterocycles. The second kappa shape index (κ2) is 8.85. The van der Waals surface area contributed by atoms with Crippen LogP contribution in [0.3, 0.4) is 0 Å². The second-order valence-corrected chi connectivity index (χ2v) is 8.00. The summed E-state index contributed by atoms with van der Waals surface area (Å²) >= 11 is 0. The van der Waals surface area contributed by atoms with E-state index in [4.69, 9.17) is 5.11 Å². The van der Waals surface area contributed by atoms with Crippen molar-refractivity contribution in [1.82, 2.24) is 14.7 Å². The number of aliphatic carboxylic acids is 1. The van der Waals surface area contributed by atoms with Gasteiger partial charge in [0.2, 0.25) is 0 Å². The first-order valence-electron chi connectivity index (χ1n) is 9.94. The average molecular weight is 373 g/mol. The van der Waals surface area contributed by atoms with Gasteiger partial charge < -0.3 is 14.9 Å². The number of carboxylic acid groups (broad SMARTS) is 1. The molecule has 0 aromatic heterocycles. The third kappa shape index (κ3) is 5.08. The molecular weight excluding hydrogens is 342 g/mol. The zero-order valence-electron chi connectivity index (χ0n) is 16.4. The topological polar surface area (TPSA) is 64.1 Å². The van der Waals surface area contributed by atoms with Crippen LogP contribution in [0.15, 0.2) is 24.3 Å². The van der Waals surface area contributed by atoms with Gasteiger partial charge in [0.1, 0.15) is 0 Å². The Bertz CT molecular complexity index is 653. The lowest BCUT2D eigenvalue weighted by Crippen LogP contribution is -2.57. The Morgan fingerprint density at radius 2 is 1.74 bits per heavy atom. The summed E-state index contributed by atoms with van der Waals surface area (Å²) in [5.74, 6) is -0.478. The molecule has 1 aromatic carbocycles. The number of hydrogen-bond acceptors (Lipinski definition) is 4. The molecular formula is C21H31N3O3. The zero-order valence-corrected chi connectivity index (χ0v) is 16.4. The van der Waals surface area contributed by atoms with Gasteiger partial charge >= 0.3 is 5.97 Å². The molecule has 0 aliphatic carbocycles. The van der Waals surface area contributed by atoms with Crippen molar-refractivity contribution in [2.75, 3.05) is 46.3 Å². The molecule has 6 heteroatoms. The Hall–Kier alpha value is -1.92. The number of amides is 1. The van der Waals surface area contributed by atoms with Crippen molar-refractivity contribution in [3.8, 4) is 0 Å². The van der Waals surface area contributed by atoms with E-state index in [2.05, 4.69) is 16.8 Å². The van der Waals surface area contributed by atoms with E-state index in [0.717, 1.165) is 50.3 Å². The van der Waals surface area contributed by atoms with Crippen LogP contribution in [-0.4, -0.2) is 84.0 Å². The number of carbonyl (C=O) groups is 2. The average Bonchev–Trinajstić information content (AvgIpc) is 2.67. The van der Waals surface area contributed by atoms with Crippen LogP contribution in [-0.2, 0) is 4.79 Å². The van der Waals surface area contributed by atoms with Crippen LogP contribution in [0, 0.1) is 12.8 Å². The Labute approximate surface area is 161 Å². The Morgan fingerprint density at radius 1 is 1.07 bits per heavy atom. The predicted molar refractivity (Wildman–Crippen MR) is 105 cm³/mol. The molecule has 2 saturated heterocycles. The number of benzene rings is 1. The van der Waals surface area contributed by atoms with Gasteiger partial charge in [0, 0.05) is 57.3 Å². The molecule has 2 atom stereocenters. The molecule has 0 radical (unpaired) electrons. The molecule has 1 N–H and O–H groups in total. The summed E-state index contributed by atoms with van der Waals surface area (Å²) in [5.41, 5.74) is 1.86. The van der Waals surface area contributed by atoms with Crippen LogP contribution in [0.4, 0.5) is 0 Å². The van der Waals surface area contributed by atoms with Crippen LogP contribution in [0.25, 0.3) is 0 Å². The van der Waals surface area contributed by atoms with Crippen molar-refractivity contribution >= 4 is 11.9 Å². The van der Waals surface area contributed by atoms with Crippen LogP contribution in [0.5, 0.6) is 0 Å². The first kappa shape index (κ1) is 19.8. The molecule has 3 rings (SSSR count). The number of carbonyl (C=O) groups excluding carboxylic acids is 1. The minimum atomic E-state index is -0.755. The third-order valence-corrected chi connectivity index (χ3v) is 6.02. The maximum atomic E-state index is 12.9. The SMILES string of the molecule is Cc1ccc(C(=O)N2CCC(N3CCN(C)CC3)C(CCC(=O)O)C2)cc1. The summed E-state index contributed by atoms with van der Waals surface area (Å²) in [4.78, 5) is 30.8. The number of piperazine rings is 1. The summed E-state index contributed by atoms with van der Waals surface area (Å²) < 4.78 is 0. The van der Waals surface area contributed by atoms with Crippen LogP contribution < -0.4 is 0 Å². The summed E-state index contributed by atoms with van der Waals surface area (Å²) in [6, 6.07) is 8.07. The molecule has 2 fully saturated rings. The number of aryl methyl sites for hydroxylation is 1. The number of carboxylic acids is 1. The fourth-order valence-electron chi connectivity index (χ4n) is 4.31. The number of hydrogen-bond donors (Lipinski definition) is 1. The normalized spacial score (nSPS) is 24.7. The number of nitrogens with zero attached hydrogens (tertiary/aromatic N) is 3. The third-order valence-electron chi connectivity index (χ3n) is 6.02. The van der Waals surface area contributed by atoms with Gasteiger partial charge in [-0.1, -0.05) is 17.7 Å². The van der Waals surface area contributed by atoms with Gasteiger partial charge in [-0.15, -0.1) is 0 Å². The monoisotopic (exact) mass is 373 g/mol. The summed E-state index contributed by atoms with van der Waals surface area (Å²) in [7, 11) is 2.14. The van der Waals surface area contributed by atoms with Gasteiger partial charge in [0.05, 0.1) is 0 Å². The van der Waals surface area contributed by atoms with Crippen molar-refractivity contribution in [1.29, 1.82) is 0 Å². The molecule has 6 nitrogen and oxygen atoms in total. The van der Waals surface area contributed by atoms with Crippen molar-refractivity contribution in [2.24, 2.45) is 5.92 Å². The van der Waals surface area contributed by atoms with Crippen LogP contribution in [0.1, 0.15) is 35.2 Å². The Morgan fingerprint density at radius 3 is 2.37 bits per heavy atom. The molecule has 2 unspecified atom stereocenters. The molecule has 1 amide bonds. The number of likely N-dealkylation sites (tertiary alicyclic amines) is 1. The summed E-state index contributed by atoms with van der Waals surface area (Å²) in [6.45, 7) is 7.55. The van der Waals surface area contributed by atoms with E-state index in [0.29, 0.717) is 19.0 Å². The number of rotatable bonds is 5. The zero-order chi connectivity index (χ0) is 19.4. The van der Waals surface area contributed by atoms with E-state index in [-0.39, 0.29) is 18.2 Å². The van der Waals surface area contributed by atoms with E-state index >= 15 is 0 Å². The molecule has 1 aromatic rings. The molecule has 148 valence electrons. The molecule has 2 aliphatic heterocycles. The number of piperidine rings is 1. The van der Waals surface area contributed by atoms with Gasteiger partial charge in [-0.3, -0.25) is 14.5 Å². The van der Waals surface area contributed by atoms with Crippen LogP contribution >= 0.6 is 0 Å². The maximum absolute atomic E-state index is 12.9. The van der Waals surface area contributed by atoms with Crippen molar-refractivity contribution < 1.29 is 14.7 Å². The lowest BCUT2D eigenvalue weighted by molar-refractivity contribution is -0.137. The van der Waals surface area contributed by atoms with Gasteiger partial charge in [-0.25, -0.2) is 0 Å². The van der Waals surface area contributed by atoms with Crippen molar-refractivity contribution in [3.05, 3.63) is 35.4 Å². The largest absolute Gasteiger partial charge is 0.481 e. The fraction of sp³-hybridized carbons (Fsp3) is 0.619. The summed E-state index contributed by atoms with van der Waals surface area (Å²) in [5, 5.41) is 9.15. The van der Waals surface area contributed by atoms with Crippen molar-refractivity contribution in [2.45, 2.75) is 32.2 Å². The molecule has 0 saturated carbocycles. The maximum Gasteiger partial charge on any atom is 0.303 e. The fourth-order valence-corrected chi connectivity index (χ4v) is 4.31. The van der Waals surface area contributed by atoms with Gasteiger partial charge in [0.25, 0.3) is 5.91 Å². The first-order valence-corrected chi connectivity index (χ1v) is 9.94. The minimum absolute atomic E-state index is 0.0622. The minimum Gasteiger partial charge on any atom is -0.481 e. The van der Waals surface area contributed by atoms with Gasteiger partial charge in [-0.2, -0.15) is 0 Å². The molecule has 0 spiro atoms. The second-order valence-electron chi connectivity index (χ2n) is 8.00. The van der Waals surface area contributed by atoms with Crippen LogP contribution in [0.2, 0.25) is 0 Å². The van der Waals surface area contributed by atoms with E-state index in [1.54, 1.807) is 0 Å². The number of likely N-dealkylation sites (N-methyl/N-ethyl adjacent to an activating group) is 1. The van der Waals surface area contributed by atoms with Gasteiger partial charge in [-0.05, 0) is 44.9 Å². The highest BCUT2D eigenvalue weighted by Crippen LogP contribution is 2.28. The smallest absolute Gasteiger partial charge is 0.303 e. The predicted octanol–water partition coefficient (Wildman–Crippen LogP) is 1.94. The highest BCUT2D eigenvalue weighted by Gasteiger charge is 2.36. The van der Waals surface area contributed by atoms with E-state index in [1.807, 2.05) is 36.1 Å². The van der Waals surface area contributed by atoms with E-state index < -0.39 is 5.97 Å². The van der Waals surface area contributed by atoms with E-state index in [9.17, 15) is 9.59 Å². The standard InChI is InChI=1S/C21H31N3O3/c1-16-3-5-17(6-4-16)21(27)24-10-9-19(18(15-24)7-8-20(25)26)23-13-11-22(2)12-14-23/h3-6,18-19H,7-15H2,1-2H3,(H,25,26). The van der Waals surface area contributed by atoms with Crippen molar-refractivity contribution in [3.63, 3.8) is 0 Å². The highest BCUT2D eigenvalue weighted by atomic mass is 16.4. The first-order chi connectivity index (χ1) is 12.9. The Balaban J connectivity index is 1.69. The molecule has 0 bridgehead atoms. The molecule has 27 heavy (non-hydrogen) atoms. The molecule has 2 aliphatic rings. The lowest BCUT2D eigenvalue weighted by atomic mass is 9.86. The van der Waals surface area contributed by atoms with E-state index in [1.165, 1.54) is 0 Å². The van der Waals surface area contributed by atoms with Gasteiger partial charge in [0.15, 0.2) is 0 Å².